The molecule has 1 N–H and O–H groups in total. The number of hydrogen-bond acceptors (Lipinski definition) is 4. The summed E-state index contributed by atoms with van der Waals surface area (Å²) < 4.78 is 9.49. The molecule has 1 rings (SSSR count). The predicted octanol–water partition coefficient (Wildman–Crippen LogP) is 1.49. The fourth-order valence-corrected chi connectivity index (χ4v) is 1.41. The zero-order valence-corrected chi connectivity index (χ0v) is 9.23. The maximum Gasteiger partial charge on any atom is 0.341 e. The van der Waals surface area contributed by atoms with Crippen molar-refractivity contribution in [2.45, 2.75) is 6.92 Å². The topological polar surface area (TPSA) is 72.8 Å². The second-order valence-electron chi connectivity index (χ2n) is 3.19. The highest BCUT2D eigenvalue weighted by Gasteiger charge is 2.20. The van der Waals surface area contributed by atoms with Crippen LogP contribution in [0.4, 0.5) is 0 Å². The molecule has 1 aromatic carbocycles. The van der Waals surface area contributed by atoms with Crippen LogP contribution in [0.5, 0.6) is 5.75 Å². The van der Waals surface area contributed by atoms with Crippen LogP contribution in [-0.4, -0.2) is 31.3 Å². The number of benzene rings is 1. The second-order valence-corrected chi connectivity index (χ2v) is 3.19. The molecular formula is C11H12O5. The molecule has 0 fully saturated rings. The number of hydrogen-bond donors (Lipinski definition) is 1. The summed E-state index contributed by atoms with van der Waals surface area (Å²) in [5, 5.41) is 8.97. The summed E-state index contributed by atoms with van der Waals surface area (Å²) in [5.74, 6) is -1.75. The number of aromatic carboxylic acids is 1. The standard InChI is InChI=1S/C11H12O5/c1-6-4-7(10(12)13)9(15-2)8(5-6)11(14)16-3/h4-5H,1-3H3,(H,12,13). The van der Waals surface area contributed by atoms with Crippen molar-refractivity contribution in [3.63, 3.8) is 0 Å². The molecule has 0 heterocycles. The average Bonchev–Trinajstić information content (AvgIpc) is 2.26. The van der Waals surface area contributed by atoms with Gasteiger partial charge in [-0.05, 0) is 24.6 Å². The molecule has 0 saturated carbocycles. The van der Waals surface area contributed by atoms with E-state index < -0.39 is 11.9 Å². The van der Waals surface area contributed by atoms with E-state index in [1.807, 2.05) is 0 Å². The highest BCUT2D eigenvalue weighted by molar-refractivity contribution is 5.99. The Labute approximate surface area is 92.6 Å². The van der Waals surface area contributed by atoms with Gasteiger partial charge < -0.3 is 14.6 Å². The van der Waals surface area contributed by atoms with Crippen molar-refractivity contribution < 1.29 is 24.2 Å². The first-order valence-electron chi connectivity index (χ1n) is 4.51. The van der Waals surface area contributed by atoms with Crippen LogP contribution < -0.4 is 4.74 Å². The number of aryl methyl sites for hydroxylation is 1. The Hall–Kier alpha value is -2.04. The number of carbonyl (C=O) groups is 2. The lowest BCUT2D eigenvalue weighted by Crippen LogP contribution is -2.09. The Bertz CT molecular complexity index is 436. The van der Waals surface area contributed by atoms with Gasteiger partial charge in [0.05, 0.1) is 14.2 Å². The number of ether oxygens (including phenoxy) is 2. The number of carboxylic acid groups (broad SMARTS) is 1. The summed E-state index contributed by atoms with van der Waals surface area (Å²) in [7, 11) is 2.54. The van der Waals surface area contributed by atoms with E-state index in [4.69, 9.17) is 9.84 Å². The summed E-state index contributed by atoms with van der Waals surface area (Å²) in [4.78, 5) is 22.4. The van der Waals surface area contributed by atoms with Crippen LogP contribution in [0.15, 0.2) is 12.1 Å². The Kier molecular flexibility index (Phi) is 3.50. The molecule has 0 amide bonds. The maximum atomic E-state index is 11.4. The molecule has 5 heteroatoms. The summed E-state index contributed by atoms with van der Waals surface area (Å²) >= 11 is 0. The van der Waals surface area contributed by atoms with E-state index in [1.165, 1.54) is 26.4 Å². The lowest BCUT2D eigenvalue weighted by Gasteiger charge is -2.10. The molecule has 0 spiro atoms. The van der Waals surface area contributed by atoms with Gasteiger partial charge in [0.2, 0.25) is 0 Å². The smallest absolute Gasteiger partial charge is 0.341 e. The van der Waals surface area contributed by atoms with Gasteiger partial charge in [0.15, 0.2) is 0 Å². The van der Waals surface area contributed by atoms with Gasteiger partial charge in [-0.1, -0.05) is 0 Å². The van der Waals surface area contributed by atoms with Gasteiger partial charge >= 0.3 is 11.9 Å². The molecule has 0 aliphatic carbocycles. The highest BCUT2D eigenvalue weighted by atomic mass is 16.5. The van der Waals surface area contributed by atoms with E-state index in [0.717, 1.165) is 0 Å². The minimum absolute atomic E-state index is 0.0185. The van der Waals surface area contributed by atoms with Gasteiger partial charge in [0.1, 0.15) is 16.9 Å². The molecule has 0 atom stereocenters. The number of methoxy groups -OCH3 is 2. The van der Waals surface area contributed by atoms with Crippen LogP contribution in [0.2, 0.25) is 0 Å². The molecule has 0 unspecified atom stereocenters. The lowest BCUT2D eigenvalue weighted by molar-refractivity contribution is 0.0597. The van der Waals surface area contributed by atoms with Crippen LogP contribution in [0.3, 0.4) is 0 Å². The summed E-state index contributed by atoms with van der Waals surface area (Å²) in [6.07, 6.45) is 0. The Morgan fingerprint density at radius 3 is 2.19 bits per heavy atom. The molecule has 5 nitrogen and oxygen atoms in total. The first-order valence-corrected chi connectivity index (χ1v) is 4.51. The normalized spacial score (nSPS) is 9.69. The first kappa shape index (κ1) is 12.0. The van der Waals surface area contributed by atoms with Gasteiger partial charge in [-0.15, -0.1) is 0 Å². The van der Waals surface area contributed by atoms with Gasteiger partial charge in [-0.3, -0.25) is 0 Å². The largest absolute Gasteiger partial charge is 0.495 e. The van der Waals surface area contributed by atoms with Crippen molar-refractivity contribution in [3.8, 4) is 5.75 Å². The molecule has 0 aliphatic rings. The van der Waals surface area contributed by atoms with E-state index in [-0.39, 0.29) is 16.9 Å². The molecule has 1 aromatic rings. The van der Waals surface area contributed by atoms with E-state index in [0.29, 0.717) is 5.56 Å². The zero-order chi connectivity index (χ0) is 12.3. The van der Waals surface area contributed by atoms with E-state index in [9.17, 15) is 9.59 Å². The van der Waals surface area contributed by atoms with Crippen LogP contribution in [0.25, 0.3) is 0 Å². The first-order chi connectivity index (χ1) is 7.51. The van der Waals surface area contributed by atoms with Crippen molar-refractivity contribution in [3.05, 3.63) is 28.8 Å². The maximum absolute atomic E-state index is 11.4. The zero-order valence-electron chi connectivity index (χ0n) is 9.23. The summed E-state index contributed by atoms with van der Waals surface area (Å²) in [5.41, 5.74) is 0.712. The quantitative estimate of drug-likeness (QED) is 0.787. The Morgan fingerprint density at radius 2 is 1.75 bits per heavy atom. The molecular weight excluding hydrogens is 212 g/mol. The van der Waals surface area contributed by atoms with E-state index in [2.05, 4.69) is 4.74 Å². The van der Waals surface area contributed by atoms with Gasteiger partial charge in [0.25, 0.3) is 0 Å². The SMILES string of the molecule is COC(=O)c1cc(C)cc(C(=O)O)c1OC. The predicted molar refractivity (Wildman–Crippen MR) is 56.0 cm³/mol. The number of carboxylic acids is 1. The minimum Gasteiger partial charge on any atom is -0.495 e. The monoisotopic (exact) mass is 224 g/mol. The van der Waals surface area contributed by atoms with Crippen molar-refractivity contribution in [2.75, 3.05) is 14.2 Å². The van der Waals surface area contributed by atoms with Crippen LogP contribution in [0, 0.1) is 6.92 Å². The minimum atomic E-state index is -1.15. The summed E-state index contributed by atoms with van der Waals surface area (Å²) in [6, 6.07) is 2.96. The van der Waals surface area contributed by atoms with Crippen LogP contribution in [0.1, 0.15) is 26.3 Å². The van der Waals surface area contributed by atoms with Gasteiger partial charge in [-0.2, -0.15) is 0 Å². The molecule has 0 bridgehead atoms. The molecule has 86 valence electrons. The highest BCUT2D eigenvalue weighted by Crippen LogP contribution is 2.26. The fraction of sp³-hybridized carbons (Fsp3) is 0.273. The van der Waals surface area contributed by atoms with E-state index in [1.54, 1.807) is 6.92 Å². The molecule has 0 radical (unpaired) electrons. The molecule has 0 aliphatic heterocycles. The van der Waals surface area contributed by atoms with Crippen molar-refractivity contribution >= 4 is 11.9 Å². The fourth-order valence-electron chi connectivity index (χ4n) is 1.41. The third kappa shape index (κ3) is 2.13. The summed E-state index contributed by atoms with van der Waals surface area (Å²) in [6.45, 7) is 1.69. The molecule has 0 saturated heterocycles. The van der Waals surface area contributed by atoms with Gasteiger partial charge in [-0.25, -0.2) is 9.59 Å². The lowest BCUT2D eigenvalue weighted by atomic mass is 10.0. The van der Waals surface area contributed by atoms with Crippen molar-refractivity contribution in [1.29, 1.82) is 0 Å². The van der Waals surface area contributed by atoms with Crippen LogP contribution >= 0.6 is 0 Å². The third-order valence-electron chi connectivity index (χ3n) is 2.07. The number of rotatable bonds is 3. The van der Waals surface area contributed by atoms with Crippen molar-refractivity contribution in [2.24, 2.45) is 0 Å². The number of esters is 1. The molecule has 16 heavy (non-hydrogen) atoms. The van der Waals surface area contributed by atoms with Crippen LogP contribution in [-0.2, 0) is 4.74 Å². The van der Waals surface area contributed by atoms with Crippen molar-refractivity contribution in [1.82, 2.24) is 0 Å². The third-order valence-corrected chi connectivity index (χ3v) is 2.07. The van der Waals surface area contributed by atoms with Gasteiger partial charge in [0, 0.05) is 0 Å². The number of carbonyl (C=O) groups excluding carboxylic acids is 1. The van der Waals surface area contributed by atoms with E-state index >= 15 is 0 Å². The second kappa shape index (κ2) is 4.65. The molecule has 0 aromatic heterocycles. The Morgan fingerprint density at radius 1 is 1.19 bits per heavy atom. The Balaban J connectivity index is 3.48. The average molecular weight is 224 g/mol.